The van der Waals surface area contributed by atoms with Gasteiger partial charge >= 0.3 is 0 Å². The third-order valence-electron chi connectivity index (χ3n) is 3.16. The summed E-state index contributed by atoms with van der Waals surface area (Å²) in [6.45, 7) is 0. The summed E-state index contributed by atoms with van der Waals surface area (Å²) >= 11 is 0. The van der Waals surface area contributed by atoms with Crippen LogP contribution < -0.4 is 10.9 Å². The molecule has 0 amide bonds. The molecule has 4 rings (SSSR count). The molecule has 0 radical (unpaired) electrons. The van der Waals surface area contributed by atoms with Crippen molar-refractivity contribution < 1.29 is 0 Å². The highest BCUT2D eigenvalue weighted by molar-refractivity contribution is 5.83. The first kappa shape index (κ1) is 11.6. The molecule has 3 heterocycles. The summed E-state index contributed by atoms with van der Waals surface area (Å²) in [6.07, 6.45) is 3.19. The van der Waals surface area contributed by atoms with Gasteiger partial charge in [0.05, 0.1) is 11.8 Å². The minimum Gasteiger partial charge on any atom is -0.329 e. The van der Waals surface area contributed by atoms with Gasteiger partial charge < -0.3 is 10.3 Å². The van der Waals surface area contributed by atoms with E-state index >= 15 is 0 Å². The van der Waals surface area contributed by atoms with E-state index < -0.39 is 0 Å². The standard InChI is InChI=1S/C14H10N6O/c21-13-11-12(17-7-16-11)19-14(20-13)18-9-3-4-10-8(6-9)2-1-5-15-10/h1-7H,(H3,16,17,18,19,20,21). The second-order valence-electron chi connectivity index (χ2n) is 4.55. The molecule has 3 aromatic heterocycles. The van der Waals surface area contributed by atoms with Crippen molar-refractivity contribution in [3.63, 3.8) is 0 Å². The van der Waals surface area contributed by atoms with Crippen LogP contribution in [0.4, 0.5) is 11.6 Å². The normalized spacial score (nSPS) is 11.0. The van der Waals surface area contributed by atoms with Crippen molar-refractivity contribution in [1.82, 2.24) is 24.9 Å². The molecule has 102 valence electrons. The van der Waals surface area contributed by atoms with Gasteiger partial charge in [0.1, 0.15) is 0 Å². The molecule has 0 saturated carbocycles. The summed E-state index contributed by atoms with van der Waals surface area (Å²) in [4.78, 5) is 29.8. The zero-order valence-electron chi connectivity index (χ0n) is 10.8. The minimum atomic E-state index is -0.286. The van der Waals surface area contributed by atoms with Crippen LogP contribution in [0.2, 0.25) is 0 Å². The van der Waals surface area contributed by atoms with Gasteiger partial charge in [-0.25, -0.2) is 4.98 Å². The molecule has 0 bridgehead atoms. The first-order valence-corrected chi connectivity index (χ1v) is 6.35. The van der Waals surface area contributed by atoms with Gasteiger partial charge in [-0.3, -0.25) is 14.8 Å². The number of H-pyrrole nitrogens is 2. The number of nitrogens with one attached hydrogen (secondary N) is 3. The average molecular weight is 278 g/mol. The Morgan fingerprint density at radius 2 is 2.10 bits per heavy atom. The number of hydrogen-bond donors (Lipinski definition) is 3. The van der Waals surface area contributed by atoms with E-state index in [1.165, 1.54) is 6.33 Å². The number of imidazole rings is 1. The van der Waals surface area contributed by atoms with Crippen LogP contribution in [-0.2, 0) is 0 Å². The zero-order chi connectivity index (χ0) is 14.2. The van der Waals surface area contributed by atoms with Gasteiger partial charge in [0, 0.05) is 17.3 Å². The highest BCUT2D eigenvalue weighted by atomic mass is 16.1. The van der Waals surface area contributed by atoms with Crippen LogP contribution in [-0.4, -0.2) is 24.9 Å². The number of anilines is 2. The molecular weight excluding hydrogens is 268 g/mol. The summed E-state index contributed by atoms with van der Waals surface area (Å²) < 4.78 is 0. The first-order chi connectivity index (χ1) is 10.3. The Labute approximate surface area is 118 Å². The lowest BCUT2D eigenvalue weighted by molar-refractivity contribution is 1.15. The summed E-state index contributed by atoms with van der Waals surface area (Å²) in [5.74, 6) is 0.361. The second kappa shape index (κ2) is 4.41. The molecule has 0 saturated heterocycles. The highest BCUT2D eigenvalue weighted by Crippen LogP contribution is 2.19. The van der Waals surface area contributed by atoms with Gasteiger partial charge in [0.25, 0.3) is 5.56 Å². The van der Waals surface area contributed by atoms with Gasteiger partial charge in [-0.1, -0.05) is 6.07 Å². The highest BCUT2D eigenvalue weighted by Gasteiger charge is 2.06. The van der Waals surface area contributed by atoms with Gasteiger partial charge in [-0.2, -0.15) is 4.98 Å². The number of aromatic amines is 2. The number of rotatable bonds is 2. The summed E-state index contributed by atoms with van der Waals surface area (Å²) in [5.41, 5.74) is 2.18. The van der Waals surface area contributed by atoms with Crippen LogP contribution in [0.25, 0.3) is 22.1 Å². The van der Waals surface area contributed by atoms with E-state index in [-0.39, 0.29) is 5.56 Å². The molecule has 3 N–H and O–H groups in total. The van der Waals surface area contributed by atoms with Gasteiger partial charge in [0.15, 0.2) is 11.2 Å². The SMILES string of the molecule is O=c1[nH]c(Nc2ccc3ncccc3c2)nc2[nH]cnc12. The topological polar surface area (TPSA) is 99.4 Å². The van der Waals surface area contributed by atoms with Crippen LogP contribution >= 0.6 is 0 Å². The maximum atomic E-state index is 11.8. The predicted molar refractivity (Wildman–Crippen MR) is 79.5 cm³/mol. The third kappa shape index (κ3) is 2.00. The lowest BCUT2D eigenvalue weighted by Gasteiger charge is -2.06. The number of benzene rings is 1. The van der Waals surface area contributed by atoms with Gasteiger partial charge in [-0.05, 0) is 24.3 Å². The fourth-order valence-electron chi connectivity index (χ4n) is 2.19. The number of aromatic nitrogens is 5. The Bertz CT molecular complexity index is 1000. The fraction of sp³-hybridized carbons (Fsp3) is 0. The fourth-order valence-corrected chi connectivity index (χ4v) is 2.19. The largest absolute Gasteiger partial charge is 0.329 e. The van der Waals surface area contributed by atoms with Crippen LogP contribution in [0, 0.1) is 0 Å². The van der Waals surface area contributed by atoms with Crippen LogP contribution in [0.5, 0.6) is 0 Å². The van der Waals surface area contributed by atoms with Crippen molar-refractivity contribution >= 4 is 33.7 Å². The lowest BCUT2D eigenvalue weighted by atomic mass is 10.2. The average Bonchev–Trinajstić information content (AvgIpc) is 2.96. The van der Waals surface area contributed by atoms with Crippen molar-refractivity contribution in [3.05, 3.63) is 53.2 Å². The van der Waals surface area contributed by atoms with Crippen LogP contribution in [0.3, 0.4) is 0 Å². The molecule has 0 aliphatic rings. The molecule has 4 aromatic rings. The molecule has 0 aliphatic heterocycles. The summed E-state index contributed by atoms with van der Waals surface area (Å²) in [5, 5.41) is 4.08. The van der Waals surface area contributed by atoms with Gasteiger partial charge in [-0.15, -0.1) is 0 Å². The van der Waals surface area contributed by atoms with Crippen molar-refractivity contribution in [2.45, 2.75) is 0 Å². The van der Waals surface area contributed by atoms with E-state index in [0.29, 0.717) is 17.1 Å². The Kier molecular flexibility index (Phi) is 2.43. The summed E-state index contributed by atoms with van der Waals surface area (Å²) in [6, 6.07) is 9.58. The van der Waals surface area contributed by atoms with Crippen molar-refractivity contribution in [3.8, 4) is 0 Å². The molecule has 0 atom stereocenters. The number of pyridine rings is 1. The van der Waals surface area contributed by atoms with Crippen LogP contribution in [0.15, 0.2) is 47.7 Å². The molecule has 7 heteroatoms. The molecule has 0 spiro atoms. The van der Waals surface area contributed by atoms with Crippen LogP contribution in [0.1, 0.15) is 0 Å². The maximum absolute atomic E-state index is 11.8. The molecule has 1 aromatic carbocycles. The van der Waals surface area contributed by atoms with E-state index in [2.05, 4.69) is 30.2 Å². The third-order valence-corrected chi connectivity index (χ3v) is 3.16. The molecule has 0 fully saturated rings. The van der Waals surface area contributed by atoms with Crippen molar-refractivity contribution in [2.75, 3.05) is 5.32 Å². The summed E-state index contributed by atoms with van der Waals surface area (Å²) in [7, 11) is 0. The van der Waals surface area contributed by atoms with E-state index in [4.69, 9.17) is 0 Å². The van der Waals surface area contributed by atoms with E-state index in [0.717, 1.165) is 16.6 Å². The van der Waals surface area contributed by atoms with E-state index in [1.54, 1.807) is 6.20 Å². The smallest absolute Gasteiger partial charge is 0.280 e. The minimum absolute atomic E-state index is 0.286. The van der Waals surface area contributed by atoms with Crippen molar-refractivity contribution in [2.24, 2.45) is 0 Å². The van der Waals surface area contributed by atoms with Gasteiger partial charge in [0.2, 0.25) is 5.95 Å². The van der Waals surface area contributed by atoms with E-state index in [9.17, 15) is 4.79 Å². The molecule has 0 aliphatic carbocycles. The zero-order valence-corrected chi connectivity index (χ0v) is 10.8. The quantitative estimate of drug-likeness (QED) is 0.520. The second-order valence-corrected chi connectivity index (χ2v) is 4.55. The maximum Gasteiger partial charge on any atom is 0.280 e. The molecule has 0 unspecified atom stereocenters. The molecule has 7 nitrogen and oxygen atoms in total. The first-order valence-electron chi connectivity index (χ1n) is 6.35. The Morgan fingerprint density at radius 1 is 1.14 bits per heavy atom. The number of nitrogens with zero attached hydrogens (tertiary/aromatic N) is 3. The number of fused-ring (bicyclic) bond motifs is 2. The Hall–Kier alpha value is -3.22. The monoisotopic (exact) mass is 278 g/mol. The Balaban J connectivity index is 1.76. The predicted octanol–water partition coefficient (Wildman–Crippen LogP) is 1.94. The lowest BCUT2D eigenvalue weighted by Crippen LogP contribution is -2.11. The number of hydrogen-bond acceptors (Lipinski definition) is 5. The molecule has 21 heavy (non-hydrogen) atoms. The Morgan fingerprint density at radius 3 is 3.05 bits per heavy atom. The van der Waals surface area contributed by atoms with Crippen molar-refractivity contribution in [1.29, 1.82) is 0 Å². The van der Waals surface area contributed by atoms with E-state index in [1.807, 2.05) is 30.3 Å². The molecular formula is C14H10N6O.